The second kappa shape index (κ2) is 8.10. The summed E-state index contributed by atoms with van der Waals surface area (Å²) in [6, 6.07) is 8.84. The number of nitrogens with zero attached hydrogens (tertiary/aromatic N) is 2. The molecule has 0 aliphatic carbocycles. The average Bonchev–Trinajstić information content (AvgIpc) is 2.94. The summed E-state index contributed by atoms with van der Waals surface area (Å²) in [7, 11) is -3.26. The molecule has 1 aromatic carbocycles. The fourth-order valence-corrected chi connectivity index (χ4v) is 3.71. The van der Waals surface area contributed by atoms with Crippen LogP contribution in [0.3, 0.4) is 0 Å². The van der Waals surface area contributed by atoms with E-state index in [1.54, 1.807) is 17.0 Å². The van der Waals surface area contributed by atoms with Crippen LogP contribution < -0.4 is 4.74 Å². The van der Waals surface area contributed by atoms with E-state index in [-0.39, 0.29) is 30.6 Å². The van der Waals surface area contributed by atoms with Gasteiger partial charge in [-0.1, -0.05) is 0 Å². The van der Waals surface area contributed by atoms with Crippen LogP contribution in [0.5, 0.6) is 5.75 Å². The quantitative estimate of drug-likeness (QED) is 0.773. The van der Waals surface area contributed by atoms with Crippen molar-refractivity contribution in [2.75, 3.05) is 32.4 Å². The molecular weight excluding hydrogens is 375 g/mol. The molecule has 27 heavy (non-hydrogen) atoms. The Bertz CT molecular complexity index is 895. The number of halogens is 1. The molecule has 9 heteroatoms. The van der Waals surface area contributed by atoms with Gasteiger partial charge in [-0.3, -0.25) is 4.79 Å². The Hall–Kier alpha value is -2.39. The van der Waals surface area contributed by atoms with Crippen molar-refractivity contribution < 1.29 is 26.8 Å². The highest BCUT2D eigenvalue weighted by atomic mass is 32.2. The Morgan fingerprint density at radius 3 is 2.56 bits per heavy atom. The molecule has 0 radical (unpaired) electrons. The molecule has 2 aromatic rings. The van der Waals surface area contributed by atoms with Gasteiger partial charge in [-0.25, -0.2) is 17.1 Å². The van der Waals surface area contributed by atoms with E-state index in [1.165, 1.54) is 34.8 Å². The van der Waals surface area contributed by atoms with Crippen molar-refractivity contribution in [3.8, 4) is 5.75 Å². The number of furan rings is 1. The van der Waals surface area contributed by atoms with Crippen molar-refractivity contribution in [1.82, 2.24) is 9.21 Å². The van der Waals surface area contributed by atoms with Crippen molar-refractivity contribution in [2.24, 2.45) is 0 Å². The van der Waals surface area contributed by atoms with Crippen molar-refractivity contribution in [3.05, 3.63) is 53.7 Å². The minimum Gasteiger partial charge on any atom is -0.486 e. The second-order valence-electron chi connectivity index (χ2n) is 6.32. The number of hydrogen-bond acceptors (Lipinski definition) is 5. The summed E-state index contributed by atoms with van der Waals surface area (Å²) in [4.78, 5) is 14.2. The Balaban J connectivity index is 1.58. The van der Waals surface area contributed by atoms with Gasteiger partial charge in [-0.2, -0.15) is 0 Å². The van der Waals surface area contributed by atoms with E-state index >= 15 is 0 Å². The molecule has 7 nitrogen and oxygen atoms in total. The van der Waals surface area contributed by atoms with Crippen molar-refractivity contribution in [3.63, 3.8) is 0 Å². The number of carbonyl (C=O) groups excluding carboxylic acids is 1. The number of amides is 1. The molecular formula is C18H21FN2O5S. The van der Waals surface area contributed by atoms with Gasteiger partial charge in [0, 0.05) is 26.2 Å². The number of rotatable bonds is 5. The maximum Gasteiger partial charge on any atom is 0.289 e. The Labute approximate surface area is 157 Å². The molecule has 0 N–H and O–H groups in total. The van der Waals surface area contributed by atoms with Crippen LogP contribution in [0.25, 0.3) is 0 Å². The van der Waals surface area contributed by atoms with Crippen LogP contribution in [0, 0.1) is 5.82 Å². The lowest BCUT2D eigenvalue weighted by Crippen LogP contribution is -2.36. The highest BCUT2D eigenvalue weighted by Crippen LogP contribution is 2.17. The number of benzene rings is 1. The van der Waals surface area contributed by atoms with Gasteiger partial charge in [0.2, 0.25) is 10.0 Å². The summed E-state index contributed by atoms with van der Waals surface area (Å²) in [5, 5.41) is 0. The van der Waals surface area contributed by atoms with Gasteiger partial charge in [-0.05, 0) is 42.8 Å². The first kappa shape index (κ1) is 19.4. The van der Waals surface area contributed by atoms with Crippen LogP contribution in [-0.2, 0) is 16.6 Å². The molecule has 1 saturated heterocycles. The fourth-order valence-electron chi connectivity index (χ4n) is 2.84. The molecule has 146 valence electrons. The molecule has 0 spiro atoms. The molecule has 1 aliphatic heterocycles. The lowest BCUT2D eigenvalue weighted by Gasteiger charge is -2.19. The van der Waals surface area contributed by atoms with E-state index < -0.39 is 10.0 Å². The van der Waals surface area contributed by atoms with Gasteiger partial charge in [-0.15, -0.1) is 0 Å². The number of ether oxygens (including phenoxy) is 1. The SMILES string of the molecule is CS(=O)(=O)N1CCCN(C(=O)c2ccc(COc3ccc(F)cc3)o2)CC1. The van der Waals surface area contributed by atoms with E-state index in [9.17, 15) is 17.6 Å². The molecule has 2 heterocycles. The first-order valence-electron chi connectivity index (χ1n) is 8.54. The fraction of sp³-hybridized carbons (Fsp3) is 0.389. The summed E-state index contributed by atoms with van der Waals surface area (Å²) in [5.41, 5.74) is 0. The summed E-state index contributed by atoms with van der Waals surface area (Å²) in [6.45, 7) is 1.56. The highest BCUT2D eigenvalue weighted by molar-refractivity contribution is 7.88. The Kier molecular flexibility index (Phi) is 5.81. The maximum absolute atomic E-state index is 12.9. The summed E-state index contributed by atoms with van der Waals surface area (Å²) < 4.78 is 48.7. The number of hydrogen-bond donors (Lipinski definition) is 0. The lowest BCUT2D eigenvalue weighted by molar-refractivity contribution is 0.0728. The summed E-state index contributed by atoms with van der Waals surface area (Å²) in [5.74, 6) is 0.517. The van der Waals surface area contributed by atoms with Gasteiger partial charge >= 0.3 is 0 Å². The zero-order chi connectivity index (χ0) is 19.4. The minimum atomic E-state index is -3.26. The third-order valence-corrected chi connectivity index (χ3v) is 5.58. The zero-order valence-electron chi connectivity index (χ0n) is 14.9. The minimum absolute atomic E-state index is 0.112. The number of carbonyl (C=O) groups is 1. The van der Waals surface area contributed by atoms with E-state index in [0.717, 1.165) is 0 Å². The molecule has 3 rings (SSSR count). The first-order valence-corrected chi connectivity index (χ1v) is 10.4. The van der Waals surface area contributed by atoms with Gasteiger partial charge in [0.25, 0.3) is 5.91 Å². The van der Waals surface area contributed by atoms with Crippen LogP contribution in [0.1, 0.15) is 22.7 Å². The van der Waals surface area contributed by atoms with Crippen LogP contribution >= 0.6 is 0 Å². The van der Waals surface area contributed by atoms with Crippen LogP contribution in [0.2, 0.25) is 0 Å². The van der Waals surface area contributed by atoms with Crippen LogP contribution in [0.4, 0.5) is 4.39 Å². The standard InChI is InChI=1S/C18H21FN2O5S/c1-27(23,24)21-10-2-9-20(11-12-21)18(22)17-8-7-16(26-17)13-25-15-5-3-14(19)4-6-15/h3-8H,2,9-13H2,1H3. The highest BCUT2D eigenvalue weighted by Gasteiger charge is 2.25. The summed E-state index contributed by atoms with van der Waals surface area (Å²) >= 11 is 0. The monoisotopic (exact) mass is 396 g/mol. The molecule has 1 amide bonds. The van der Waals surface area contributed by atoms with Crippen molar-refractivity contribution in [2.45, 2.75) is 13.0 Å². The average molecular weight is 396 g/mol. The normalized spacial score (nSPS) is 16.1. The first-order chi connectivity index (χ1) is 12.8. The maximum atomic E-state index is 12.9. The molecule has 1 aromatic heterocycles. The molecule has 1 fully saturated rings. The van der Waals surface area contributed by atoms with Gasteiger partial charge in [0.15, 0.2) is 5.76 Å². The molecule has 1 aliphatic rings. The Morgan fingerprint density at radius 1 is 1.11 bits per heavy atom. The van der Waals surface area contributed by atoms with Crippen molar-refractivity contribution in [1.29, 1.82) is 0 Å². The zero-order valence-corrected chi connectivity index (χ0v) is 15.7. The molecule has 0 bridgehead atoms. The van der Waals surface area contributed by atoms with Gasteiger partial charge < -0.3 is 14.1 Å². The third-order valence-electron chi connectivity index (χ3n) is 4.28. The Morgan fingerprint density at radius 2 is 1.85 bits per heavy atom. The van der Waals surface area contributed by atoms with Crippen LogP contribution in [0.15, 0.2) is 40.8 Å². The smallest absolute Gasteiger partial charge is 0.289 e. The van der Waals surface area contributed by atoms with E-state index in [4.69, 9.17) is 9.15 Å². The summed E-state index contributed by atoms with van der Waals surface area (Å²) in [6.07, 6.45) is 1.74. The lowest BCUT2D eigenvalue weighted by atomic mass is 10.3. The third kappa shape index (κ3) is 5.08. The largest absolute Gasteiger partial charge is 0.486 e. The molecule has 0 unspecified atom stereocenters. The predicted octanol–water partition coefficient (Wildman–Crippen LogP) is 2.11. The van der Waals surface area contributed by atoms with Gasteiger partial charge in [0.1, 0.15) is 23.9 Å². The predicted molar refractivity (Wildman–Crippen MR) is 96.4 cm³/mol. The van der Waals surface area contributed by atoms with E-state index in [1.807, 2.05) is 0 Å². The molecule has 0 saturated carbocycles. The van der Waals surface area contributed by atoms with Crippen molar-refractivity contribution >= 4 is 15.9 Å². The number of sulfonamides is 1. The van der Waals surface area contributed by atoms with E-state index in [2.05, 4.69) is 0 Å². The molecule has 0 atom stereocenters. The van der Waals surface area contributed by atoms with Gasteiger partial charge in [0.05, 0.1) is 6.26 Å². The van der Waals surface area contributed by atoms with Crippen LogP contribution in [-0.4, -0.2) is 56.0 Å². The second-order valence-corrected chi connectivity index (χ2v) is 8.30. The van der Waals surface area contributed by atoms with E-state index in [0.29, 0.717) is 37.6 Å². The topological polar surface area (TPSA) is 80.1 Å².